The minimum atomic E-state index is -0.589. The van der Waals surface area contributed by atoms with E-state index in [2.05, 4.69) is 33.0 Å². The van der Waals surface area contributed by atoms with Crippen LogP contribution < -0.4 is 0 Å². The first-order valence-corrected chi connectivity index (χ1v) is 7.73. The van der Waals surface area contributed by atoms with Gasteiger partial charge in [0.15, 0.2) is 0 Å². The van der Waals surface area contributed by atoms with Crippen LogP contribution in [0.2, 0.25) is 0 Å². The summed E-state index contributed by atoms with van der Waals surface area (Å²) >= 11 is 0. The zero-order valence-corrected chi connectivity index (χ0v) is 9.45. The lowest BCUT2D eigenvalue weighted by Crippen LogP contribution is -1.86. The molecule has 0 spiro atoms. The number of unbranched alkanes of at least 4 members (excludes halogenated alkanes) is 3. The summed E-state index contributed by atoms with van der Waals surface area (Å²) in [6, 6.07) is 0. The van der Waals surface area contributed by atoms with Crippen LogP contribution in [0, 0.1) is 0 Å². The lowest BCUT2D eigenvalue weighted by molar-refractivity contribution is 0.748. The lowest BCUT2D eigenvalue weighted by Gasteiger charge is -2.11. The number of hydrogen-bond acceptors (Lipinski definition) is 0. The number of hydrogen-bond donors (Lipinski definition) is 0. The Morgan fingerprint density at radius 3 is 2.18 bits per heavy atom. The topological polar surface area (TPSA) is 0 Å². The van der Waals surface area contributed by atoms with E-state index in [0.29, 0.717) is 0 Å². The third-order valence-corrected chi connectivity index (χ3v) is 5.12. The van der Waals surface area contributed by atoms with Gasteiger partial charge in [0.25, 0.3) is 0 Å². The van der Waals surface area contributed by atoms with E-state index in [-0.39, 0.29) is 0 Å². The summed E-state index contributed by atoms with van der Waals surface area (Å²) in [6.07, 6.45) is 6.88. The van der Waals surface area contributed by atoms with E-state index in [4.69, 9.17) is 0 Å². The number of rotatable bonds is 5. The lowest BCUT2D eigenvalue weighted by atomic mass is 10.2. The smallest absolute Gasteiger partial charge is 0.0346 e. The normalized spacial score (nSPS) is 11.6. The fourth-order valence-corrected chi connectivity index (χ4v) is 2.10. The molecule has 0 aromatic carbocycles. The van der Waals surface area contributed by atoms with Crippen LogP contribution in [-0.2, 0) is 0 Å². The van der Waals surface area contributed by atoms with Crippen LogP contribution in [0.1, 0.15) is 39.5 Å². The molecule has 0 heterocycles. The molecule has 0 aromatic heterocycles. The molecule has 0 atom stereocenters. The van der Waals surface area contributed by atoms with Crippen LogP contribution in [-0.4, -0.2) is 25.3 Å². The summed E-state index contributed by atoms with van der Waals surface area (Å²) in [5.74, 6) is 2.59. The zero-order valence-electron chi connectivity index (χ0n) is 8.56. The zero-order chi connectivity index (χ0) is 8.74. The second-order valence-electron chi connectivity index (χ2n) is 3.77. The van der Waals surface area contributed by atoms with Crippen LogP contribution in [0.15, 0.2) is 0 Å². The predicted molar refractivity (Wildman–Crippen MR) is 59.5 cm³/mol. The molecule has 11 heavy (non-hydrogen) atoms. The van der Waals surface area contributed by atoms with Crippen LogP contribution >= 0.6 is 6.89 Å². The van der Waals surface area contributed by atoms with Gasteiger partial charge in [-0.2, -0.15) is 0 Å². The third-order valence-electron chi connectivity index (χ3n) is 2.25. The van der Waals surface area contributed by atoms with Gasteiger partial charge < -0.3 is 0 Å². The van der Waals surface area contributed by atoms with Crippen LogP contribution in [0.4, 0.5) is 0 Å². The van der Waals surface area contributed by atoms with Gasteiger partial charge in [-0.15, -0.1) is 6.89 Å². The van der Waals surface area contributed by atoms with E-state index in [1.54, 1.807) is 0 Å². The molecule has 0 saturated heterocycles. The first kappa shape index (κ1) is 11.3. The van der Waals surface area contributed by atoms with E-state index in [1.807, 2.05) is 0 Å². The van der Waals surface area contributed by atoms with Gasteiger partial charge in [0, 0.05) is 0 Å². The molecule has 0 rings (SSSR count). The van der Waals surface area contributed by atoms with Gasteiger partial charge in [0.05, 0.1) is 0 Å². The molecule has 0 aliphatic heterocycles. The SMILES string of the molecule is CCCCCC=P(C)(C)CC. The van der Waals surface area contributed by atoms with Crippen molar-refractivity contribution in [1.82, 2.24) is 0 Å². The van der Waals surface area contributed by atoms with Gasteiger partial charge in [0.2, 0.25) is 0 Å². The first-order valence-electron chi connectivity index (χ1n) is 4.79. The molecule has 0 amide bonds. The van der Waals surface area contributed by atoms with Gasteiger partial charge in [-0.1, -0.05) is 32.5 Å². The molecule has 0 aliphatic carbocycles. The Hall–Kier alpha value is 0.300. The second-order valence-corrected chi connectivity index (χ2v) is 8.33. The Morgan fingerprint density at radius 1 is 1.09 bits per heavy atom. The summed E-state index contributed by atoms with van der Waals surface area (Å²) in [5.41, 5.74) is 0. The van der Waals surface area contributed by atoms with Crippen molar-refractivity contribution in [3.8, 4) is 0 Å². The van der Waals surface area contributed by atoms with Gasteiger partial charge >= 0.3 is 0 Å². The Balaban J connectivity index is 3.55. The molecule has 0 fully saturated rings. The molecule has 0 saturated carbocycles. The van der Waals surface area contributed by atoms with Gasteiger partial charge in [-0.25, -0.2) is 0 Å². The molecule has 1 heteroatoms. The first-order chi connectivity index (χ1) is 5.12. The van der Waals surface area contributed by atoms with E-state index in [0.717, 1.165) is 0 Å². The summed E-state index contributed by atoms with van der Waals surface area (Å²) in [6.45, 7) is 8.84. The molecular formula is C10H23P. The summed E-state index contributed by atoms with van der Waals surface area (Å²) in [5, 5.41) is 0. The molecule has 0 nitrogen and oxygen atoms in total. The third kappa shape index (κ3) is 6.69. The summed E-state index contributed by atoms with van der Waals surface area (Å²) in [4.78, 5) is 0. The van der Waals surface area contributed by atoms with Crippen LogP contribution in [0.5, 0.6) is 0 Å². The molecule has 68 valence electrons. The Morgan fingerprint density at radius 2 is 1.73 bits per heavy atom. The molecule has 0 aromatic rings. The highest BCUT2D eigenvalue weighted by atomic mass is 31.2. The average molecular weight is 174 g/mol. The van der Waals surface area contributed by atoms with Crippen molar-refractivity contribution in [2.45, 2.75) is 39.5 Å². The molecular weight excluding hydrogens is 151 g/mol. The van der Waals surface area contributed by atoms with E-state index in [9.17, 15) is 0 Å². The van der Waals surface area contributed by atoms with Crippen molar-refractivity contribution in [1.29, 1.82) is 0 Å². The fraction of sp³-hybridized carbons (Fsp3) is 0.900. The fourth-order valence-electron chi connectivity index (χ4n) is 0.964. The Labute approximate surface area is 72.4 Å². The second kappa shape index (κ2) is 5.89. The quantitative estimate of drug-likeness (QED) is 0.440. The van der Waals surface area contributed by atoms with E-state index < -0.39 is 6.89 Å². The minimum Gasteiger partial charge on any atom is -0.115 e. The molecule has 0 radical (unpaired) electrons. The van der Waals surface area contributed by atoms with Crippen LogP contribution in [0.25, 0.3) is 0 Å². The van der Waals surface area contributed by atoms with E-state index in [1.165, 1.54) is 31.8 Å². The Bertz CT molecular complexity index is 130. The van der Waals surface area contributed by atoms with Crippen molar-refractivity contribution in [2.24, 2.45) is 0 Å². The van der Waals surface area contributed by atoms with Crippen LogP contribution in [0.3, 0.4) is 0 Å². The van der Waals surface area contributed by atoms with E-state index >= 15 is 0 Å². The standard InChI is InChI=1S/C10H23P/c1-5-7-8-9-10-11(3,4)6-2/h10H,5-9H2,1-4H3. The minimum absolute atomic E-state index is 0.589. The molecule has 0 bridgehead atoms. The van der Waals surface area contributed by atoms with Crippen molar-refractivity contribution in [3.63, 3.8) is 0 Å². The van der Waals surface area contributed by atoms with Gasteiger partial charge in [-0.05, 0) is 32.3 Å². The van der Waals surface area contributed by atoms with Gasteiger partial charge in [0.1, 0.15) is 0 Å². The molecule has 0 aliphatic rings. The molecule has 0 N–H and O–H groups in total. The maximum absolute atomic E-state index is 2.59. The van der Waals surface area contributed by atoms with Gasteiger partial charge in [-0.3, -0.25) is 0 Å². The average Bonchev–Trinajstić information content (AvgIpc) is 1.99. The molecule has 0 unspecified atom stereocenters. The van der Waals surface area contributed by atoms with Crippen molar-refractivity contribution in [3.05, 3.63) is 0 Å². The largest absolute Gasteiger partial charge is 0.115 e. The summed E-state index contributed by atoms with van der Waals surface area (Å²) < 4.78 is 0. The highest BCUT2D eigenvalue weighted by Gasteiger charge is 1.96. The summed E-state index contributed by atoms with van der Waals surface area (Å²) in [7, 11) is 0. The van der Waals surface area contributed by atoms with Crippen molar-refractivity contribution < 1.29 is 0 Å². The highest BCUT2D eigenvalue weighted by Crippen LogP contribution is 2.37. The monoisotopic (exact) mass is 174 g/mol. The maximum Gasteiger partial charge on any atom is -0.0346 e. The maximum atomic E-state index is 2.59. The predicted octanol–water partition coefficient (Wildman–Crippen LogP) is 3.67. The van der Waals surface area contributed by atoms with Crippen molar-refractivity contribution in [2.75, 3.05) is 19.5 Å². The van der Waals surface area contributed by atoms with Crippen molar-refractivity contribution >= 4 is 12.7 Å². The highest BCUT2D eigenvalue weighted by molar-refractivity contribution is 7.73. The Kier molecular flexibility index (Phi) is 6.05.